The van der Waals surface area contributed by atoms with Gasteiger partial charge in [-0.25, -0.2) is 0 Å². The smallest absolute Gasteiger partial charge is 0.253 e. The predicted octanol–water partition coefficient (Wildman–Crippen LogP) is 3.73. The Morgan fingerprint density at radius 3 is 2.61 bits per heavy atom. The number of hydrogen-bond donors (Lipinski definition) is 2. The Labute approximate surface area is 136 Å². The summed E-state index contributed by atoms with van der Waals surface area (Å²) >= 11 is 0. The van der Waals surface area contributed by atoms with Gasteiger partial charge in [0.1, 0.15) is 0 Å². The Balaban J connectivity index is 1.72. The molecule has 1 saturated heterocycles. The van der Waals surface area contributed by atoms with Crippen LogP contribution >= 0.6 is 0 Å². The molecule has 0 saturated carbocycles. The number of hydrogen-bond acceptors (Lipinski definition) is 3. The summed E-state index contributed by atoms with van der Waals surface area (Å²) in [7, 11) is 0. The summed E-state index contributed by atoms with van der Waals surface area (Å²) in [5, 5.41) is 6.36. The number of amides is 1. The summed E-state index contributed by atoms with van der Waals surface area (Å²) in [5.74, 6) is -0.0768. The SMILES string of the molecule is CC(NC(=O)c1ccccc1Nc1ccccc1)C1CCCO1. The minimum absolute atomic E-state index is 0.00906. The van der Waals surface area contributed by atoms with Crippen molar-refractivity contribution in [2.45, 2.75) is 31.9 Å². The average Bonchev–Trinajstić information content (AvgIpc) is 3.11. The Morgan fingerprint density at radius 1 is 1.13 bits per heavy atom. The van der Waals surface area contributed by atoms with Crippen LogP contribution in [0.2, 0.25) is 0 Å². The standard InChI is InChI=1S/C19H22N2O2/c1-14(18-12-7-13-23-18)20-19(22)16-10-5-6-11-17(16)21-15-8-3-2-4-9-15/h2-6,8-11,14,18,21H,7,12-13H2,1H3,(H,20,22). The number of para-hydroxylation sites is 2. The number of ether oxygens (including phenoxy) is 1. The maximum atomic E-state index is 12.6. The van der Waals surface area contributed by atoms with Gasteiger partial charge in [-0.3, -0.25) is 4.79 Å². The van der Waals surface area contributed by atoms with Gasteiger partial charge in [0.05, 0.1) is 23.4 Å². The van der Waals surface area contributed by atoms with Gasteiger partial charge in [0.25, 0.3) is 5.91 Å². The van der Waals surface area contributed by atoms with Crippen molar-refractivity contribution in [3.8, 4) is 0 Å². The summed E-state index contributed by atoms with van der Waals surface area (Å²) in [6.07, 6.45) is 2.19. The van der Waals surface area contributed by atoms with Crippen molar-refractivity contribution < 1.29 is 9.53 Å². The molecule has 4 heteroatoms. The first-order chi connectivity index (χ1) is 11.2. The third-order valence-corrected chi connectivity index (χ3v) is 4.11. The fourth-order valence-electron chi connectivity index (χ4n) is 2.84. The van der Waals surface area contributed by atoms with Gasteiger partial charge in [-0.2, -0.15) is 0 Å². The van der Waals surface area contributed by atoms with E-state index in [0.29, 0.717) is 5.56 Å². The lowest BCUT2D eigenvalue weighted by Gasteiger charge is -2.21. The molecule has 1 aliphatic rings. The monoisotopic (exact) mass is 310 g/mol. The van der Waals surface area contributed by atoms with E-state index in [2.05, 4.69) is 10.6 Å². The molecule has 2 aromatic rings. The van der Waals surface area contributed by atoms with E-state index < -0.39 is 0 Å². The maximum absolute atomic E-state index is 12.6. The molecule has 2 atom stereocenters. The van der Waals surface area contributed by atoms with E-state index in [1.165, 1.54) is 0 Å². The second kappa shape index (κ2) is 7.29. The fourth-order valence-corrected chi connectivity index (χ4v) is 2.84. The minimum atomic E-state index is -0.0768. The number of rotatable bonds is 5. The second-order valence-electron chi connectivity index (χ2n) is 5.85. The zero-order valence-electron chi connectivity index (χ0n) is 13.3. The molecule has 0 aliphatic carbocycles. The van der Waals surface area contributed by atoms with Gasteiger partial charge in [-0.05, 0) is 44.0 Å². The van der Waals surface area contributed by atoms with Crippen molar-refractivity contribution in [3.05, 3.63) is 60.2 Å². The van der Waals surface area contributed by atoms with E-state index in [4.69, 9.17) is 4.74 Å². The molecule has 0 spiro atoms. The van der Waals surface area contributed by atoms with Crippen LogP contribution in [0.25, 0.3) is 0 Å². The molecule has 1 amide bonds. The Bertz CT molecular complexity index is 651. The zero-order chi connectivity index (χ0) is 16.1. The lowest BCUT2D eigenvalue weighted by atomic mass is 10.1. The second-order valence-corrected chi connectivity index (χ2v) is 5.85. The minimum Gasteiger partial charge on any atom is -0.376 e. The van der Waals surface area contributed by atoms with Gasteiger partial charge < -0.3 is 15.4 Å². The number of carbonyl (C=O) groups excluding carboxylic acids is 1. The molecule has 1 aliphatic heterocycles. The van der Waals surface area contributed by atoms with Crippen molar-refractivity contribution in [1.29, 1.82) is 0 Å². The first-order valence-corrected chi connectivity index (χ1v) is 8.07. The predicted molar refractivity (Wildman–Crippen MR) is 92.1 cm³/mol. The van der Waals surface area contributed by atoms with Crippen LogP contribution in [0, 0.1) is 0 Å². The quantitative estimate of drug-likeness (QED) is 0.885. The van der Waals surface area contributed by atoms with Crippen LogP contribution in [0.1, 0.15) is 30.1 Å². The van der Waals surface area contributed by atoms with Crippen molar-refractivity contribution in [1.82, 2.24) is 5.32 Å². The third-order valence-electron chi connectivity index (χ3n) is 4.11. The van der Waals surface area contributed by atoms with Crippen molar-refractivity contribution in [3.63, 3.8) is 0 Å². The highest BCUT2D eigenvalue weighted by atomic mass is 16.5. The highest BCUT2D eigenvalue weighted by molar-refractivity contribution is 6.00. The zero-order valence-corrected chi connectivity index (χ0v) is 13.3. The van der Waals surface area contributed by atoms with Crippen LogP contribution in [0.4, 0.5) is 11.4 Å². The number of carbonyl (C=O) groups is 1. The van der Waals surface area contributed by atoms with Crippen molar-refractivity contribution in [2.24, 2.45) is 0 Å². The molecular formula is C19H22N2O2. The van der Waals surface area contributed by atoms with E-state index in [-0.39, 0.29) is 18.1 Å². The summed E-state index contributed by atoms with van der Waals surface area (Å²) in [5.41, 5.74) is 2.40. The van der Waals surface area contributed by atoms with Crippen LogP contribution in [0.15, 0.2) is 54.6 Å². The largest absolute Gasteiger partial charge is 0.376 e. The fraction of sp³-hybridized carbons (Fsp3) is 0.316. The number of anilines is 2. The molecule has 2 N–H and O–H groups in total. The molecule has 2 unspecified atom stereocenters. The molecule has 4 nitrogen and oxygen atoms in total. The molecule has 120 valence electrons. The first kappa shape index (κ1) is 15.6. The van der Waals surface area contributed by atoms with Gasteiger partial charge in [0.15, 0.2) is 0 Å². The Hall–Kier alpha value is -2.33. The first-order valence-electron chi connectivity index (χ1n) is 8.07. The van der Waals surface area contributed by atoms with Crippen LogP contribution in [0.3, 0.4) is 0 Å². The van der Waals surface area contributed by atoms with E-state index in [0.717, 1.165) is 30.8 Å². The van der Waals surface area contributed by atoms with Gasteiger partial charge in [-0.1, -0.05) is 30.3 Å². The molecule has 1 heterocycles. The summed E-state index contributed by atoms with van der Waals surface area (Å²) in [6.45, 7) is 2.79. The molecule has 0 radical (unpaired) electrons. The highest BCUT2D eigenvalue weighted by Crippen LogP contribution is 2.21. The van der Waals surface area contributed by atoms with Crippen LogP contribution in [-0.4, -0.2) is 24.7 Å². The molecule has 2 aromatic carbocycles. The lowest BCUT2D eigenvalue weighted by Crippen LogP contribution is -2.41. The third kappa shape index (κ3) is 3.90. The summed E-state index contributed by atoms with van der Waals surface area (Å²) < 4.78 is 5.65. The Kier molecular flexibility index (Phi) is 4.93. The maximum Gasteiger partial charge on any atom is 0.253 e. The van der Waals surface area contributed by atoms with Gasteiger partial charge >= 0.3 is 0 Å². The molecular weight excluding hydrogens is 288 g/mol. The summed E-state index contributed by atoms with van der Waals surface area (Å²) in [6, 6.07) is 17.4. The van der Waals surface area contributed by atoms with Crippen LogP contribution in [0.5, 0.6) is 0 Å². The van der Waals surface area contributed by atoms with Crippen LogP contribution in [-0.2, 0) is 4.74 Å². The van der Waals surface area contributed by atoms with Gasteiger partial charge in [0.2, 0.25) is 0 Å². The van der Waals surface area contributed by atoms with Gasteiger partial charge in [0, 0.05) is 12.3 Å². The normalized spacial score (nSPS) is 18.4. The lowest BCUT2D eigenvalue weighted by molar-refractivity contribution is 0.0713. The van der Waals surface area contributed by atoms with E-state index in [9.17, 15) is 4.79 Å². The molecule has 0 aromatic heterocycles. The molecule has 0 bridgehead atoms. The van der Waals surface area contributed by atoms with Gasteiger partial charge in [-0.15, -0.1) is 0 Å². The van der Waals surface area contributed by atoms with E-state index in [1.54, 1.807) is 0 Å². The number of nitrogens with one attached hydrogen (secondary N) is 2. The van der Waals surface area contributed by atoms with Crippen LogP contribution < -0.4 is 10.6 Å². The van der Waals surface area contributed by atoms with Crippen molar-refractivity contribution in [2.75, 3.05) is 11.9 Å². The topological polar surface area (TPSA) is 50.4 Å². The molecule has 1 fully saturated rings. The average molecular weight is 310 g/mol. The highest BCUT2D eigenvalue weighted by Gasteiger charge is 2.24. The Morgan fingerprint density at radius 2 is 1.87 bits per heavy atom. The summed E-state index contributed by atoms with van der Waals surface area (Å²) in [4.78, 5) is 12.6. The van der Waals surface area contributed by atoms with E-state index >= 15 is 0 Å². The number of benzene rings is 2. The van der Waals surface area contributed by atoms with Crippen molar-refractivity contribution >= 4 is 17.3 Å². The molecule has 23 heavy (non-hydrogen) atoms. The van der Waals surface area contributed by atoms with E-state index in [1.807, 2.05) is 61.5 Å². The molecule has 3 rings (SSSR count).